The molecule has 2 aromatic rings. The van der Waals surface area contributed by atoms with Gasteiger partial charge in [-0.15, -0.1) is 0 Å². The summed E-state index contributed by atoms with van der Waals surface area (Å²) in [6, 6.07) is 17.7. The van der Waals surface area contributed by atoms with E-state index in [2.05, 4.69) is 6.92 Å². The molecular formula is C27H34N2O3. The van der Waals surface area contributed by atoms with Crippen molar-refractivity contribution in [2.24, 2.45) is 5.92 Å². The third-order valence-corrected chi connectivity index (χ3v) is 6.82. The van der Waals surface area contributed by atoms with Crippen molar-refractivity contribution in [2.45, 2.75) is 44.9 Å². The van der Waals surface area contributed by atoms with E-state index in [1.807, 2.05) is 64.4 Å². The number of amides is 2. The normalized spacial score (nSPS) is 17.9. The van der Waals surface area contributed by atoms with Crippen molar-refractivity contribution in [1.29, 1.82) is 0 Å². The summed E-state index contributed by atoms with van der Waals surface area (Å²) in [5, 5.41) is 0. The molecule has 2 aliphatic heterocycles. The van der Waals surface area contributed by atoms with Crippen LogP contribution < -0.4 is 4.74 Å². The van der Waals surface area contributed by atoms with E-state index < -0.39 is 0 Å². The first-order chi connectivity index (χ1) is 15.7. The summed E-state index contributed by atoms with van der Waals surface area (Å²) in [7, 11) is 0. The summed E-state index contributed by atoms with van der Waals surface area (Å²) in [6.07, 6.45) is 4.83. The second-order valence-electron chi connectivity index (χ2n) is 8.95. The second-order valence-corrected chi connectivity index (χ2v) is 8.95. The van der Waals surface area contributed by atoms with Crippen molar-refractivity contribution in [1.82, 2.24) is 9.80 Å². The first-order valence-electron chi connectivity index (χ1n) is 12.0. The van der Waals surface area contributed by atoms with Crippen LogP contribution in [0.2, 0.25) is 0 Å². The molecule has 2 aromatic carbocycles. The highest BCUT2D eigenvalue weighted by Crippen LogP contribution is 2.27. The van der Waals surface area contributed by atoms with E-state index in [1.54, 1.807) is 0 Å². The average molecular weight is 435 g/mol. The Morgan fingerprint density at radius 1 is 0.906 bits per heavy atom. The molecule has 1 atom stereocenters. The van der Waals surface area contributed by atoms with Gasteiger partial charge in [0.1, 0.15) is 5.75 Å². The van der Waals surface area contributed by atoms with Gasteiger partial charge in [0.15, 0.2) is 0 Å². The summed E-state index contributed by atoms with van der Waals surface area (Å²) < 4.78 is 6.14. The van der Waals surface area contributed by atoms with Crippen molar-refractivity contribution in [2.75, 3.05) is 32.8 Å². The second kappa shape index (κ2) is 10.7. The highest BCUT2D eigenvalue weighted by Gasteiger charge is 2.29. The summed E-state index contributed by atoms with van der Waals surface area (Å²) >= 11 is 0. The Morgan fingerprint density at radius 3 is 2.25 bits per heavy atom. The van der Waals surface area contributed by atoms with E-state index in [-0.39, 0.29) is 17.7 Å². The predicted molar refractivity (Wildman–Crippen MR) is 126 cm³/mol. The third-order valence-electron chi connectivity index (χ3n) is 6.82. The molecule has 2 heterocycles. The van der Waals surface area contributed by atoms with Gasteiger partial charge in [-0.1, -0.05) is 49.4 Å². The van der Waals surface area contributed by atoms with E-state index in [9.17, 15) is 9.59 Å². The number of piperidine rings is 1. The van der Waals surface area contributed by atoms with Gasteiger partial charge in [-0.25, -0.2) is 0 Å². The van der Waals surface area contributed by atoms with Crippen LogP contribution in [0, 0.1) is 5.92 Å². The Bertz CT molecular complexity index is 900. The Balaban J connectivity index is 1.30. The van der Waals surface area contributed by atoms with Crippen LogP contribution in [-0.4, -0.2) is 54.4 Å². The quantitative estimate of drug-likeness (QED) is 0.633. The van der Waals surface area contributed by atoms with Crippen LogP contribution >= 0.6 is 0 Å². The lowest BCUT2D eigenvalue weighted by Gasteiger charge is -2.34. The zero-order valence-corrected chi connectivity index (χ0v) is 19.0. The molecule has 0 unspecified atom stereocenters. The third kappa shape index (κ3) is 5.14. The number of hydrogen-bond donors (Lipinski definition) is 0. The van der Waals surface area contributed by atoms with Crippen LogP contribution in [0.3, 0.4) is 0 Å². The highest BCUT2D eigenvalue weighted by atomic mass is 16.5. The number of hydrogen-bond acceptors (Lipinski definition) is 3. The molecule has 0 radical (unpaired) electrons. The number of rotatable bonds is 7. The van der Waals surface area contributed by atoms with Crippen LogP contribution in [0.5, 0.6) is 5.75 Å². The molecular weight excluding hydrogens is 400 g/mol. The first kappa shape index (κ1) is 22.4. The molecule has 170 valence electrons. The first-order valence-corrected chi connectivity index (χ1v) is 12.0. The Labute approximate surface area is 191 Å². The van der Waals surface area contributed by atoms with E-state index >= 15 is 0 Å². The van der Waals surface area contributed by atoms with Crippen molar-refractivity contribution < 1.29 is 14.3 Å². The van der Waals surface area contributed by atoms with E-state index in [1.165, 1.54) is 0 Å². The zero-order chi connectivity index (χ0) is 22.3. The van der Waals surface area contributed by atoms with Crippen molar-refractivity contribution in [3.05, 3.63) is 65.7 Å². The fourth-order valence-corrected chi connectivity index (χ4v) is 4.85. The van der Waals surface area contributed by atoms with Gasteiger partial charge in [0.25, 0.3) is 5.91 Å². The van der Waals surface area contributed by atoms with Crippen LogP contribution in [0.1, 0.15) is 60.9 Å². The summed E-state index contributed by atoms with van der Waals surface area (Å²) in [6.45, 7) is 5.87. The van der Waals surface area contributed by atoms with E-state index in [0.29, 0.717) is 23.8 Å². The van der Waals surface area contributed by atoms with Gasteiger partial charge in [0, 0.05) is 26.2 Å². The van der Waals surface area contributed by atoms with E-state index in [0.717, 1.165) is 63.8 Å². The fourth-order valence-electron chi connectivity index (χ4n) is 4.85. The molecule has 0 N–H and O–H groups in total. The summed E-state index contributed by atoms with van der Waals surface area (Å²) in [4.78, 5) is 29.9. The molecule has 0 spiro atoms. The minimum Gasteiger partial charge on any atom is -0.492 e. The van der Waals surface area contributed by atoms with Gasteiger partial charge in [-0.3, -0.25) is 9.59 Å². The number of carbonyl (C=O) groups excluding carboxylic acids is 2. The smallest absolute Gasteiger partial charge is 0.257 e. The Morgan fingerprint density at radius 2 is 1.56 bits per heavy atom. The predicted octanol–water partition coefficient (Wildman–Crippen LogP) is 4.73. The minimum absolute atomic E-state index is 0.0625. The molecule has 0 bridgehead atoms. The lowest BCUT2D eigenvalue weighted by Crippen LogP contribution is -2.42. The van der Waals surface area contributed by atoms with Gasteiger partial charge >= 0.3 is 0 Å². The number of ether oxygens (including phenoxy) is 1. The highest BCUT2D eigenvalue weighted by molar-refractivity contribution is 5.97. The lowest BCUT2D eigenvalue weighted by atomic mass is 9.92. The number of likely N-dealkylation sites (tertiary alicyclic amines) is 2. The average Bonchev–Trinajstić information content (AvgIpc) is 3.39. The molecule has 2 saturated heterocycles. The maximum atomic E-state index is 13.1. The Kier molecular flexibility index (Phi) is 7.46. The molecule has 0 aromatic heterocycles. The molecule has 5 heteroatoms. The number of benzene rings is 2. The van der Waals surface area contributed by atoms with Gasteiger partial charge in [0.2, 0.25) is 5.91 Å². The van der Waals surface area contributed by atoms with Gasteiger partial charge in [-0.2, -0.15) is 0 Å². The van der Waals surface area contributed by atoms with Crippen molar-refractivity contribution in [3.8, 4) is 5.75 Å². The molecule has 2 fully saturated rings. The lowest BCUT2D eigenvalue weighted by molar-refractivity contribution is -0.134. The number of para-hydroxylation sites is 1. The minimum atomic E-state index is -0.0625. The molecule has 32 heavy (non-hydrogen) atoms. The van der Waals surface area contributed by atoms with E-state index in [4.69, 9.17) is 4.74 Å². The molecule has 2 amide bonds. The number of carbonyl (C=O) groups is 2. The standard InChI is InChI=1S/C27H34N2O3/c1-2-23(22-10-4-3-5-11-22)26(30)29-18-14-21(15-19-29)20-32-25-13-7-6-12-24(25)27(31)28-16-8-9-17-28/h3-7,10-13,21,23H,2,8-9,14-20H2,1H3/t23-/m1/s1. The number of nitrogens with zero attached hydrogens (tertiary/aromatic N) is 2. The SMILES string of the molecule is CC[C@@H](C(=O)N1CCC(COc2ccccc2C(=O)N2CCCC2)CC1)c1ccccc1. The summed E-state index contributed by atoms with van der Waals surface area (Å²) in [5.41, 5.74) is 1.76. The molecule has 0 saturated carbocycles. The maximum absolute atomic E-state index is 13.1. The maximum Gasteiger partial charge on any atom is 0.257 e. The molecule has 2 aliphatic rings. The topological polar surface area (TPSA) is 49.9 Å². The largest absolute Gasteiger partial charge is 0.492 e. The zero-order valence-electron chi connectivity index (χ0n) is 19.0. The van der Waals surface area contributed by atoms with Crippen LogP contribution in [0.4, 0.5) is 0 Å². The fraction of sp³-hybridized carbons (Fsp3) is 0.481. The van der Waals surface area contributed by atoms with Gasteiger partial charge in [-0.05, 0) is 55.7 Å². The molecule has 0 aliphatic carbocycles. The van der Waals surface area contributed by atoms with Crippen LogP contribution in [0.25, 0.3) is 0 Å². The van der Waals surface area contributed by atoms with Crippen LogP contribution in [-0.2, 0) is 4.79 Å². The Hall–Kier alpha value is -2.82. The summed E-state index contributed by atoms with van der Waals surface area (Å²) in [5.74, 6) is 1.32. The van der Waals surface area contributed by atoms with Gasteiger partial charge < -0.3 is 14.5 Å². The van der Waals surface area contributed by atoms with Crippen molar-refractivity contribution >= 4 is 11.8 Å². The molecule has 5 nitrogen and oxygen atoms in total. The molecule has 4 rings (SSSR count). The van der Waals surface area contributed by atoms with Crippen molar-refractivity contribution in [3.63, 3.8) is 0 Å². The van der Waals surface area contributed by atoms with Gasteiger partial charge in [0.05, 0.1) is 18.1 Å². The monoisotopic (exact) mass is 434 g/mol. The van der Waals surface area contributed by atoms with Crippen LogP contribution in [0.15, 0.2) is 54.6 Å².